The van der Waals surface area contributed by atoms with Crippen LogP contribution in [0, 0.1) is 5.92 Å². The lowest BCUT2D eigenvalue weighted by atomic mass is 9.79. The molecular formula is C14H20N2. The first kappa shape index (κ1) is 10.2. The first-order chi connectivity index (χ1) is 7.84. The molecule has 16 heavy (non-hydrogen) atoms. The molecule has 1 N–H and O–H groups in total. The van der Waals surface area contributed by atoms with Gasteiger partial charge in [0.25, 0.3) is 0 Å². The Kier molecular flexibility index (Phi) is 2.60. The van der Waals surface area contributed by atoms with Gasteiger partial charge in [0.15, 0.2) is 0 Å². The maximum Gasteiger partial charge on any atom is 0.0443 e. The van der Waals surface area contributed by atoms with Crippen LogP contribution in [-0.4, -0.2) is 30.1 Å². The van der Waals surface area contributed by atoms with Crippen molar-refractivity contribution in [3.63, 3.8) is 0 Å². The quantitative estimate of drug-likeness (QED) is 0.817. The van der Waals surface area contributed by atoms with Crippen LogP contribution in [0.3, 0.4) is 0 Å². The van der Waals surface area contributed by atoms with E-state index in [9.17, 15) is 0 Å². The van der Waals surface area contributed by atoms with E-state index in [1.54, 1.807) is 0 Å². The zero-order valence-corrected chi connectivity index (χ0v) is 9.89. The van der Waals surface area contributed by atoms with Crippen LogP contribution in [-0.2, 0) is 0 Å². The molecular weight excluding hydrogens is 196 g/mol. The van der Waals surface area contributed by atoms with Crippen molar-refractivity contribution in [2.45, 2.75) is 31.8 Å². The molecule has 4 rings (SSSR count). The molecule has 1 aromatic rings. The van der Waals surface area contributed by atoms with Gasteiger partial charge in [0.1, 0.15) is 0 Å². The molecule has 0 amide bonds. The summed E-state index contributed by atoms with van der Waals surface area (Å²) in [6.07, 6.45) is 2.74. The number of anilines is 1. The third-order valence-electron chi connectivity index (χ3n) is 4.28. The highest BCUT2D eigenvalue weighted by Crippen LogP contribution is 2.33. The summed E-state index contributed by atoms with van der Waals surface area (Å²) in [6, 6.07) is 12.0. The average molecular weight is 216 g/mol. The lowest BCUT2D eigenvalue weighted by molar-refractivity contribution is 0.0458. The maximum absolute atomic E-state index is 3.72. The number of nitrogens with one attached hydrogen (secondary N) is 1. The number of nitrogens with zero attached hydrogens (tertiary/aromatic N) is 1. The number of benzene rings is 1. The fourth-order valence-corrected chi connectivity index (χ4v) is 3.27. The second-order valence-corrected chi connectivity index (χ2v) is 5.15. The molecule has 0 unspecified atom stereocenters. The van der Waals surface area contributed by atoms with Crippen LogP contribution in [0.2, 0.25) is 0 Å². The minimum absolute atomic E-state index is 0.643. The number of hydrogen-bond donors (Lipinski definition) is 1. The third-order valence-corrected chi connectivity index (χ3v) is 4.28. The SMILES string of the molecule is C[C@@H]1[C@@H](Nc2ccccc2)C2CCN1CC2. The first-order valence-corrected chi connectivity index (χ1v) is 6.40. The molecule has 2 heteroatoms. The van der Waals surface area contributed by atoms with E-state index in [1.807, 2.05) is 0 Å². The lowest BCUT2D eigenvalue weighted by Crippen LogP contribution is -2.59. The summed E-state index contributed by atoms with van der Waals surface area (Å²) < 4.78 is 0. The van der Waals surface area contributed by atoms with Crippen molar-refractivity contribution in [1.29, 1.82) is 0 Å². The molecule has 0 radical (unpaired) electrons. The maximum atomic E-state index is 3.72. The van der Waals surface area contributed by atoms with Crippen LogP contribution in [0.25, 0.3) is 0 Å². The van der Waals surface area contributed by atoms with Crippen molar-refractivity contribution in [3.05, 3.63) is 30.3 Å². The van der Waals surface area contributed by atoms with Crippen LogP contribution in [0.15, 0.2) is 30.3 Å². The normalized spacial score (nSPS) is 37.3. The van der Waals surface area contributed by atoms with Crippen molar-refractivity contribution >= 4 is 5.69 Å². The summed E-state index contributed by atoms with van der Waals surface area (Å²) >= 11 is 0. The Morgan fingerprint density at radius 3 is 2.44 bits per heavy atom. The van der Waals surface area contributed by atoms with Gasteiger partial charge in [-0.15, -0.1) is 0 Å². The summed E-state index contributed by atoms with van der Waals surface area (Å²) in [5.41, 5.74) is 1.27. The standard InChI is InChI=1S/C14H20N2/c1-11-14(12-7-9-16(11)10-8-12)15-13-5-3-2-4-6-13/h2-6,11-12,14-15H,7-10H2,1H3/t11-,14-/m1/s1. The van der Waals surface area contributed by atoms with E-state index in [-0.39, 0.29) is 0 Å². The van der Waals surface area contributed by atoms with Gasteiger partial charge >= 0.3 is 0 Å². The molecule has 3 aliphatic heterocycles. The van der Waals surface area contributed by atoms with E-state index < -0.39 is 0 Å². The topological polar surface area (TPSA) is 15.3 Å². The van der Waals surface area contributed by atoms with Crippen molar-refractivity contribution in [2.24, 2.45) is 5.92 Å². The van der Waals surface area contributed by atoms with Crippen molar-refractivity contribution in [3.8, 4) is 0 Å². The first-order valence-electron chi connectivity index (χ1n) is 6.40. The molecule has 0 aromatic heterocycles. The predicted molar refractivity (Wildman–Crippen MR) is 67.6 cm³/mol. The third kappa shape index (κ3) is 1.71. The second-order valence-electron chi connectivity index (χ2n) is 5.15. The van der Waals surface area contributed by atoms with Crippen molar-refractivity contribution in [1.82, 2.24) is 4.90 Å². The molecule has 86 valence electrons. The second kappa shape index (κ2) is 4.10. The summed E-state index contributed by atoms with van der Waals surface area (Å²) in [4.78, 5) is 2.63. The molecule has 1 aromatic carbocycles. The van der Waals surface area contributed by atoms with Gasteiger partial charge in [0.2, 0.25) is 0 Å². The van der Waals surface area contributed by atoms with Crippen LogP contribution in [0.5, 0.6) is 0 Å². The molecule has 2 nitrogen and oxygen atoms in total. The largest absolute Gasteiger partial charge is 0.380 e. The van der Waals surface area contributed by atoms with E-state index in [2.05, 4.69) is 47.5 Å². The number of hydrogen-bond acceptors (Lipinski definition) is 2. The smallest absolute Gasteiger partial charge is 0.0443 e. The fourth-order valence-electron chi connectivity index (χ4n) is 3.27. The molecule has 3 aliphatic rings. The van der Waals surface area contributed by atoms with E-state index in [1.165, 1.54) is 31.6 Å². The Labute approximate surface area is 97.6 Å². The summed E-state index contributed by atoms with van der Waals surface area (Å²) in [5, 5.41) is 3.72. The predicted octanol–water partition coefficient (Wildman–Crippen LogP) is 2.58. The summed E-state index contributed by atoms with van der Waals surface area (Å²) in [5.74, 6) is 0.875. The lowest BCUT2D eigenvalue weighted by Gasteiger charge is -2.50. The Bertz CT molecular complexity index is 339. The van der Waals surface area contributed by atoms with Gasteiger partial charge in [-0.1, -0.05) is 18.2 Å². The van der Waals surface area contributed by atoms with Gasteiger partial charge in [-0.05, 0) is 50.9 Å². The van der Waals surface area contributed by atoms with Crippen LogP contribution in [0.4, 0.5) is 5.69 Å². The molecule has 0 saturated carbocycles. The van der Waals surface area contributed by atoms with Gasteiger partial charge < -0.3 is 5.32 Å². The van der Waals surface area contributed by atoms with Crippen LogP contribution >= 0.6 is 0 Å². The Morgan fingerprint density at radius 2 is 1.81 bits per heavy atom. The number of rotatable bonds is 2. The van der Waals surface area contributed by atoms with Gasteiger partial charge in [-0.3, -0.25) is 4.90 Å². The average Bonchev–Trinajstić information content (AvgIpc) is 2.36. The van der Waals surface area contributed by atoms with Crippen LogP contribution < -0.4 is 5.32 Å². The number of para-hydroxylation sites is 1. The molecule has 0 spiro atoms. The van der Waals surface area contributed by atoms with Gasteiger partial charge in [-0.2, -0.15) is 0 Å². The van der Waals surface area contributed by atoms with E-state index in [0.717, 1.165) is 5.92 Å². The molecule has 3 heterocycles. The highest BCUT2D eigenvalue weighted by molar-refractivity contribution is 5.44. The Morgan fingerprint density at radius 1 is 1.12 bits per heavy atom. The van der Waals surface area contributed by atoms with Gasteiger partial charge in [0, 0.05) is 17.8 Å². The molecule has 3 fully saturated rings. The summed E-state index contributed by atoms with van der Waals surface area (Å²) in [7, 11) is 0. The van der Waals surface area contributed by atoms with E-state index in [4.69, 9.17) is 0 Å². The molecule has 2 bridgehead atoms. The molecule has 2 atom stereocenters. The fraction of sp³-hybridized carbons (Fsp3) is 0.571. The van der Waals surface area contributed by atoms with Crippen molar-refractivity contribution < 1.29 is 0 Å². The minimum atomic E-state index is 0.643. The van der Waals surface area contributed by atoms with Gasteiger partial charge in [-0.25, -0.2) is 0 Å². The zero-order chi connectivity index (χ0) is 11.0. The monoisotopic (exact) mass is 216 g/mol. The van der Waals surface area contributed by atoms with Gasteiger partial charge in [0.05, 0.1) is 0 Å². The van der Waals surface area contributed by atoms with E-state index in [0.29, 0.717) is 12.1 Å². The Hall–Kier alpha value is -1.02. The molecule has 0 aliphatic carbocycles. The van der Waals surface area contributed by atoms with Crippen LogP contribution in [0.1, 0.15) is 19.8 Å². The molecule has 3 saturated heterocycles. The number of piperidine rings is 3. The Balaban J connectivity index is 1.75. The van der Waals surface area contributed by atoms with Crippen molar-refractivity contribution in [2.75, 3.05) is 18.4 Å². The highest BCUT2D eigenvalue weighted by Gasteiger charge is 2.39. The highest BCUT2D eigenvalue weighted by atomic mass is 15.2. The minimum Gasteiger partial charge on any atom is -0.380 e. The summed E-state index contributed by atoms with van der Waals surface area (Å²) in [6.45, 7) is 4.98. The zero-order valence-electron chi connectivity index (χ0n) is 9.89. The van der Waals surface area contributed by atoms with E-state index >= 15 is 0 Å². The number of fused-ring (bicyclic) bond motifs is 3.